The number of hydrogen-bond acceptors (Lipinski definition) is 5. The topological polar surface area (TPSA) is 77.6 Å². The zero-order valence-corrected chi connectivity index (χ0v) is 15.3. The lowest BCUT2D eigenvalue weighted by Crippen LogP contribution is -2.01. The third-order valence-electron chi connectivity index (χ3n) is 3.98. The molecule has 0 aliphatic rings. The van der Waals surface area contributed by atoms with Crippen LogP contribution in [0.4, 0.5) is 5.82 Å². The van der Waals surface area contributed by atoms with Gasteiger partial charge in [0.05, 0.1) is 5.69 Å². The Morgan fingerprint density at radius 1 is 0.846 bits per heavy atom. The highest BCUT2D eigenvalue weighted by atomic mass is 35.5. The molecule has 128 valence electrons. The van der Waals surface area contributed by atoms with Crippen molar-refractivity contribution in [2.45, 2.75) is 6.92 Å². The van der Waals surface area contributed by atoms with Crippen LogP contribution < -0.4 is 5.73 Å². The highest BCUT2D eigenvalue weighted by Gasteiger charge is 2.18. The SMILES string of the molecule is Cc1cc(-c2c(-c3ccc(Cl)cc3)nc(N)c3nccnc23)cc(Cl)n1. The summed E-state index contributed by atoms with van der Waals surface area (Å²) in [6.07, 6.45) is 3.23. The monoisotopic (exact) mass is 381 g/mol. The molecule has 0 unspecified atom stereocenters. The van der Waals surface area contributed by atoms with Crippen LogP contribution in [-0.4, -0.2) is 19.9 Å². The summed E-state index contributed by atoms with van der Waals surface area (Å²) in [5.74, 6) is 0.318. The smallest absolute Gasteiger partial charge is 0.152 e. The largest absolute Gasteiger partial charge is 0.382 e. The molecule has 0 fully saturated rings. The number of rotatable bonds is 2. The van der Waals surface area contributed by atoms with Gasteiger partial charge in [0.1, 0.15) is 16.2 Å². The fourth-order valence-corrected chi connectivity index (χ4v) is 3.29. The van der Waals surface area contributed by atoms with E-state index in [1.54, 1.807) is 18.5 Å². The van der Waals surface area contributed by atoms with Crippen molar-refractivity contribution in [3.05, 3.63) is 64.7 Å². The number of aromatic nitrogens is 4. The zero-order chi connectivity index (χ0) is 18.3. The highest BCUT2D eigenvalue weighted by Crippen LogP contribution is 2.38. The quantitative estimate of drug-likeness (QED) is 0.496. The average Bonchev–Trinajstić information content (AvgIpc) is 2.61. The fourth-order valence-electron chi connectivity index (χ4n) is 2.91. The predicted molar refractivity (Wildman–Crippen MR) is 105 cm³/mol. The lowest BCUT2D eigenvalue weighted by molar-refractivity contribution is 1.20. The second kappa shape index (κ2) is 6.52. The summed E-state index contributed by atoms with van der Waals surface area (Å²) >= 11 is 12.2. The van der Waals surface area contributed by atoms with Crippen LogP contribution in [0.1, 0.15) is 5.69 Å². The maximum absolute atomic E-state index is 6.19. The van der Waals surface area contributed by atoms with Gasteiger partial charge in [0.15, 0.2) is 5.82 Å². The summed E-state index contributed by atoms with van der Waals surface area (Å²) in [6, 6.07) is 11.1. The first kappa shape index (κ1) is 16.7. The summed E-state index contributed by atoms with van der Waals surface area (Å²) in [5, 5.41) is 1.04. The van der Waals surface area contributed by atoms with Gasteiger partial charge in [0.2, 0.25) is 0 Å². The first-order valence-electron chi connectivity index (χ1n) is 7.83. The third-order valence-corrected chi connectivity index (χ3v) is 4.42. The van der Waals surface area contributed by atoms with Crippen molar-refractivity contribution in [3.63, 3.8) is 0 Å². The Morgan fingerprint density at radius 2 is 1.54 bits per heavy atom. The van der Waals surface area contributed by atoms with E-state index >= 15 is 0 Å². The van der Waals surface area contributed by atoms with Crippen molar-refractivity contribution in [1.29, 1.82) is 0 Å². The molecular weight excluding hydrogens is 369 g/mol. The number of pyridine rings is 2. The second-order valence-electron chi connectivity index (χ2n) is 5.80. The lowest BCUT2D eigenvalue weighted by atomic mass is 9.97. The Labute approximate surface area is 159 Å². The van der Waals surface area contributed by atoms with Crippen LogP contribution in [0, 0.1) is 6.92 Å². The molecule has 0 bridgehead atoms. The van der Waals surface area contributed by atoms with Crippen LogP contribution in [-0.2, 0) is 0 Å². The van der Waals surface area contributed by atoms with E-state index in [2.05, 4.69) is 19.9 Å². The van der Waals surface area contributed by atoms with Gasteiger partial charge in [-0.15, -0.1) is 0 Å². The number of halogens is 2. The summed E-state index contributed by atoms with van der Waals surface area (Å²) < 4.78 is 0. The van der Waals surface area contributed by atoms with Crippen LogP contribution in [0.15, 0.2) is 48.8 Å². The van der Waals surface area contributed by atoms with Crippen molar-refractivity contribution in [3.8, 4) is 22.4 Å². The van der Waals surface area contributed by atoms with E-state index in [9.17, 15) is 0 Å². The molecule has 5 nitrogen and oxygen atoms in total. The minimum Gasteiger partial charge on any atom is -0.382 e. The molecule has 3 heterocycles. The molecule has 0 aliphatic heterocycles. The maximum atomic E-state index is 6.19. The van der Waals surface area contributed by atoms with E-state index in [1.165, 1.54) is 0 Å². The number of nitrogens with zero attached hydrogens (tertiary/aromatic N) is 4. The molecule has 7 heteroatoms. The van der Waals surface area contributed by atoms with Gasteiger partial charge in [-0.05, 0) is 36.8 Å². The molecule has 1 aromatic carbocycles. The number of hydrogen-bond donors (Lipinski definition) is 1. The van der Waals surface area contributed by atoms with Gasteiger partial charge < -0.3 is 5.73 Å². The van der Waals surface area contributed by atoms with Crippen molar-refractivity contribution in [2.75, 3.05) is 5.73 Å². The molecule has 3 aromatic heterocycles. The van der Waals surface area contributed by atoms with Gasteiger partial charge in [0.25, 0.3) is 0 Å². The minimum atomic E-state index is 0.318. The van der Waals surface area contributed by atoms with E-state index < -0.39 is 0 Å². The first-order valence-corrected chi connectivity index (χ1v) is 8.59. The van der Waals surface area contributed by atoms with Gasteiger partial charge in [-0.3, -0.25) is 4.98 Å². The summed E-state index contributed by atoms with van der Waals surface area (Å²) in [5.41, 5.74) is 11.4. The maximum Gasteiger partial charge on any atom is 0.152 e. The highest BCUT2D eigenvalue weighted by molar-refractivity contribution is 6.30. The Kier molecular flexibility index (Phi) is 4.18. The van der Waals surface area contributed by atoms with Crippen molar-refractivity contribution < 1.29 is 0 Å². The summed E-state index contributed by atoms with van der Waals surface area (Å²) in [7, 11) is 0. The Balaban J connectivity index is 2.12. The fraction of sp³-hybridized carbons (Fsp3) is 0.0526. The van der Waals surface area contributed by atoms with E-state index in [0.717, 1.165) is 22.4 Å². The second-order valence-corrected chi connectivity index (χ2v) is 6.62. The van der Waals surface area contributed by atoms with Gasteiger partial charge in [-0.25, -0.2) is 15.0 Å². The Bertz CT molecular complexity index is 1110. The number of anilines is 1. The molecule has 4 aromatic rings. The Morgan fingerprint density at radius 3 is 2.23 bits per heavy atom. The van der Waals surface area contributed by atoms with E-state index in [4.69, 9.17) is 28.9 Å². The average molecular weight is 382 g/mol. The van der Waals surface area contributed by atoms with Gasteiger partial charge in [-0.2, -0.15) is 0 Å². The van der Waals surface area contributed by atoms with Crippen LogP contribution in [0.2, 0.25) is 10.2 Å². The number of benzene rings is 1. The molecule has 26 heavy (non-hydrogen) atoms. The van der Waals surface area contributed by atoms with Crippen LogP contribution >= 0.6 is 23.2 Å². The minimum absolute atomic E-state index is 0.318. The van der Waals surface area contributed by atoms with Crippen molar-refractivity contribution in [2.24, 2.45) is 0 Å². The van der Waals surface area contributed by atoms with E-state index in [0.29, 0.717) is 32.7 Å². The van der Waals surface area contributed by atoms with E-state index in [-0.39, 0.29) is 0 Å². The van der Waals surface area contributed by atoms with E-state index in [1.807, 2.05) is 37.3 Å². The number of nitrogens with two attached hydrogens (primary N) is 1. The van der Waals surface area contributed by atoms with Crippen LogP contribution in [0.3, 0.4) is 0 Å². The molecule has 0 saturated heterocycles. The first-order chi connectivity index (χ1) is 12.5. The lowest BCUT2D eigenvalue weighted by Gasteiger charge is -2.14. The molecule has 0 atom stereocenters. The Hall–Kier alpha value is -2.76. The molecule has 0 aliphatic carbocycles. The molecule has 0 radical (unpaired) electrons. The summed E-state index contributed by atoms with van der Waals surface area (Å²) in [6.45, 7) is 1.88. The van der Waals surface area contributed by atoms with Crippen LogP contribution in [0.5, 0.6) is 0 Å². The zero-order valence-electron chi connectivity index (χ0n) is 13.7. The predicted octanol–water partition coefficient (Wildman–Crippen LogP) is 4.95. The van der Waals surface area contributed by atoms with Crippen LogP contribution in [0.25, 0.3) is 33.4 Å². The van der Waals surface area contributed by atoms with Crippen molar-refractivity contribution >= 4 is 40.1 Å². The molecular formula is C19H13Cl2N5. The number of nitrogen functional groups attached to an aromatic ring is 1. The number of fused-ring (bicyclic) bond motifs is 1. The number of aryl methyl sites for hydroxylation is 1. The molecule has 0 saturated carbocycles. The third kappa shape index (κ3) is 2.96. The van der Waals surface area contributed by atoms with Gasteiger partial charge >= 0.3 is 0 Å². The molecule has 2 N–H and O–H groups in total. The molecule has 4 rings (SSSR count). The molecule has 0 amide bonds. The normalized spacial score (nSPS) is 11.0. The van der Waals surface area contributed by atoms with Crippen molar-refractivity contribution in [1.82, 2.24) is 19.9 Å². The van der Waals surface area contributed by atoms with Gasteiger partial charge in [0, 0.05) is 34.2 Å². The molecule has 0 spiro atoms. The standard InChI is InChI=1S/C19H13Cl2N5/c1-10-8-12(9-14(21)25-10)15-16(11-2-4-13(20)5-3-11)26-19(22)18-17(15)23-6-7-24-18/h2-9H,1H3,(H2,22,26). The summed E-state index contributed by atoms with van der Waals surface area (Å²) in [4.78, 5) is 17.7. The van der Waals surface area contributed by atoms with Gasteiger partial charge in [-0.1, -0.05) is 35.3 Å².